The van der Waals surface area contributed by atoms with Crippen LogP contribution in [-0.4, -0.2) is 18.3 Å². The van der Waals surface area contributed by atoms with Crippen LogP contribution in [0.5, 0.6) is 17.2 Å². The molecule has 48 heavy (non-hydrogen) atoms. The summed E-state index contributed by atoms with van der Waals surface area (Å²) in [6, 6.07) is 36.7. The van der Waals surface area contributed by atoms with Gasteiger partial charge < -0.3 is 14.2 Å². The number of fused-ring (bicyclic) bond motifs is 4. The molecule has 0 bridgehead atoms. The lowest BCUT2D eigenvalue weighted by atomic mass is 9.83. The summed E-state index contributed by atoms with van der Waals surface area (Å²) >= 11 is 1.42. The highest BCUT2D eigenvalue weighted by molar-refractivity contribution is 7.07. The summed E-state index contributed by atoms with van der Waals surface area (Å²) in [5.41, 5.74) is 7.54. The van der Waals surface area contributed by atoms with Crippen LogP contribution < -0.4 is 29.1 Å². The molecule has 7 heteroatoms. The lowest BCUT2D eigenvalue weighted by Crippen LogP contribution is -2.38. The number of thiazole rings is 1. The maximum Gasteiger partial charge on any atom is 0.271 e. The van der Waals surface area contributed by atoms with Gasteiger partial charge in [-0.2, -0.15) is 0 Å². The maximum atomic E-state index is 14.3. The van der Waals surface area contributed by atoms with E-state index in [9.17, 15) is 4.79 Å². The first kappa shape index (κ1) is 30.0. The molecule has 8 rings (SSSR count). The minimum Gasteiger partial charge on any atom is -0.497 e. The maximum absolute atomic E-state index is 14.3. The van der Waals surface area contributed by atoms with Crippen molar-refractivity contribution in [2.24, 2.45) is 4.99 Å². The first-order valence-corrected chi connectivity index (χ1v) is 17.1. The predicted molar refractivity (Wildman–Crippen MR) is 192 cm³/mol. The quantitative estimate of drug-likeness (QED) is 0.172. The van der Waals surface area contributed by atoms with E-state index < -0.39 is 0 Å². The fraction of sp³-hybridized carbons (Fsp3) is 0.171. The lowest BCUT2D eigenvalue weighted by molar-refractivity contribution is 0.270. The Morgan fingerprint density at radius 1 is 0.875 bits per heavy atom. The Bertz CT molecular complexity index is 2380. The highest BCUT2D eigenvalue weighted by atomic mass is 32.1. The number of allylic oxidation sites excluding steroid dienone is 1. The Balaban J connectivity index is 1.19. The lowest BCUT2D eigenvalue weighted by Gasteiger charge is -2.30. The molecule has 0 spiro atoms. The van der Waals surface area contributed by atoms with Gasteiger partial charge in [0.05, 0.1) is 30.0 Å². The number of aromatic nitrogens is 1. The van der Waals surface area contributed by atoms with Crippen LogP contribution in [0.25, 0.3) is 22.5 Å². The summed E-state index contributed by atoms with van der Waals surface area (Å²) in [4.78, 5) is 20.1. The van der Waals surface area contributed by atoms with Gasteiger partial charge in [-0.3, -0.25) is 9.36 Å². The van der Waals surface area contributed by atoms with E-state index in [2.05, 4.69) is 66.7 Å². The van der Waals surface area contributed by atoms with Crippen LogP contribution in [-0.2, 0) is 13.0 Å². The Morgan fingerprint density at radius 3 is 2.54 bits per heavy atom. The summed E-state index contributed by atoms with van der Waals surface area (Å²) in [5.74, 6) is 2.08. The molecule has 6 nitrogen and oxygen atoms in total. The molecule has 0 fully saturated rings. The smallest absolute Gasteiger partial charge is 0.271 e. The van der Waals surface area contributed by atoms with Crippen LogP contribution in [0.4, 0.5) is 0 Å². The van der Waals surface area contributed by atoms with Gasteiger partial charge >= 0.3 is 0 Å². The minimum absolute atomic E-state index is 0.0563. The highest BCUT2D eigenvalue weighted by Crippen LogP contribution is 2.41. The summed E-state index contributed by atoms with van der Waals surface area (Å²) < 4.78 is 20.3. The third-order valence-corrected chi connectivity index (χ3v) is 10.1. The van der Waals surface area contributed by atoms with Crippen molar-refractivity contribution in [3.63, 3.8) is 0 Å². The van der Waals surface area contributed by atoms with Gasteiger partial charge in [-0.25, -0.2) is 4.99 Å². The second-order valence-corrected chi connectivity index (χ2v) is 13.0. The van der Waals surface area contributed by atoms with Crippen LogP contribution >= 0.6 is 11.3 Å². The Morgan fingerprint density at radius 2 is 1.69 bits per heavy atom. The number of nitrogens with zero attached hydrogens (tertiary/aromatic N) is 2. The molecular formula is C41H34N2O4S. The van der Waals surface area contributed by atoms with Crippen molar-refractivity contribution in [3.05, 3.63) is 162 Å². The molecule has 1 aromatic heterocycles. The van der Waals surface area contributed by atoms with Gasteiger partial charge in [0.1, 0.15) is 12.4 Å². The van der Waals surface area contributed by atoms with Crippen LogP contribution in [0.15, 0.2) is 125 Å². The van der Waals surface area contributed by atoms with Crippen LogP contribution in [0.1, 0.15) is 47.2 Å². The number of rotatable bonds is 8. The zero-order valence-electron chi connectivity index (χ0n) is 26.8. The molecule has 6 aromatic rings. The van der Waals surface area contributed by atoms with E-state index in [0.29, 0.717) is 34.0 Å². The van der Waals surface area contributed by atoms with Gasteiger partial charge in [0, 0.05) is 5.56 Å². The minimum atomic E-state index is -0.249. The molecule has 0 N–H and O–H groups in total. The van der Waals surface area contributed by atoms with Gasteiger partial charge in [0.2, 0.25) is 0 Å². The zero-order valence-corrected chi connectivity index (χ0v) is 27.6. The largest absolute Gasteiger partial charge is 0.497 e. The van der Waals surface area contributed by atoms with Crippen molar-refractivity contribution in [2.75, 3.05) is 13.7 Å². The average molecular weight is 651 g/mol. The number of methoxy groups -OCH3 is 1. The van der Waals surface area contributed by atoms with Gasteiger partial charge in [-0.1, -0.05) is 96.3 Å². The fourth-order valence-corrected chi connectivity index (χ4v) is 7.84. The van der Waals surface area contributed by atoms with Crippen LogP contribution in [0, 0.1) is 0 Å². The number of ether oxygens (including phenoxy) is 3. The molecule has 0 saturated carbocycles. The van der Waals surface area contributed by atoms with Crippen LogP contribution in [0.2, 0.25) is 0 Å². The van der Waals surface area contributed by atoms with E-state index in [1.54, 1.807) is 7.11 Å². The van der Waals surface area contributed by atoms with Gasteiger partial charge in [0.15, 0.2) is 16.3 Å². The molecule has 5 aromatic carbocycles. The van der Waals surface area contributed by atoms with E-state index in [1.165, 1.54) is 33.2 Å². The normalized spacial score (nSPS) is 15.4. The SMILES string of the molecule is CCOc1cc(/C=c2\sc3n(c2=O)[C@H](c2ccc(OC)cc2)C2=C(N=3)c3ccccc3CC2)ccc1OCc1cccc2ccccc12. The molecule has 2 heterocycles. The summed E-state index contributed by atoms with van der Waals surface area (Å²) in [6.45, 7) is 2.86. The molecule has 1 aliphatic heterocycles. The molecule has 2 aliphatic rings. The molecular weight excluding hydrogens is 617 g/mol. The number of benzene rings is 5. The van der Waals surface area contributed by atoms with Crippen molar-refractivity contribution < 1.29 is 14.2 Å². The van der Waals surface area contributed by atoms with Crippen molar-refractivity contribution in [1.82, 2.24) is 4.57 Å². The van der Waals surface area contributed by atoms with Crippen molar-refractivity contribution >= 4 is 33.9 Å². The molecule has 238 valence electrons. The first-order valence-electron chi connectivity index (χ1n) is 16.2. The van der Waals surface area contributed by atoms with Crippen molar-refractivity contribution in [2.45, 2.75) is 32.4 Å². The van der Waals surface area contributed by atoms with Crippen LogP contribution in [0.3, 0.4) is 0 Å². The second-order valence-electron chi connectivity index (χ2n) is 12.0. The Kier molecular flexibility index (Phi) is 7.90. The second kappa shape index (κ2) is 12.7. The van der Waals surface area contributed by atoms with E-state index in [0.717, 1.165) is 46.5 Å². The molecule has 1 atom stereocenters. The van der Waals surface area contributed by atoms with Crippen molar-refractivity contribution in [3.8, 4) is 17.2 Å². The molecule has 1 aliphatic carbocycles. The zero-order chi connectivity index (χ0) is 32.6. The number of hydrogen-bond donors (Lipinski definition) is 0. The Labute approximate surface area is 282 Å². The summed E-state index contributed by atoms with van der Waals surface area (Å²) in [7, 11) is 1.66. The topological polar surface area (TPSA) is 62.0 Å². The van der Waals surface area contributed by atoms with Gasteiger partial charge in [-0.05, 0) is 88.7 Å². The van der Waals surface area contributed by atoms with E-state index in [-0.39, 0.29) is 11.6 Å². The van der Waals surface area contributed by atoms with E-state index in [4.69, 9.17) is 19.2 Å². The van der Waals surface area contributed by atoms with E-state index in [1.807, 2.05) is 60.0 Å². The predicted octanol–water partition coefficient (Wildman–Crippen LogP) is 7.46. The Hall–Kier alpha value is -5.40. The number of hydrogen-bond acceptors (Lipinski definition) is 6. The fourth-order valence-electron chi connectivity index (χ4n) is 6.84. The highest BCUT2D eigenvalue weighted by Gasteiger charge is 2.32. The average Bonchev–Trinajstić information content (AvgIpc) is 3.44. The molecule has 0 radical (unpaired) electrons. The first-order chi connectivity index (χ1) is 23.6. The molecule has 0 saturated heterocycles. The third-order valence-electron chi connectivity index (χ3n) is 9.13. The standard InChI is InChI=1S/C41H34N2O4S/c1-3-46-36-23-26(15-22-35(36)47-25-30-12-8-11-27-9-4-6-13-32(27)30)24-37-40(44)43-39(29-16-19-31(45-2)20-17-29)34-21-18-28-10-5-7-14-33(28)38(34)42-41(43)48-37/h4-17,19-20,22-24,39H,3,18,21,25H2,1-2H3/b37-24-/t39-/m1/s1. The van der Waals surface area contributed by atoms with Gasteiger partial charge in [-0.15, -0.1) is 0 Å². The van der Waals surface area contributed by atoms with E-state index >= 15 is 0 Å². The van der Waals surface area contributed by atoms with Gasteiger partial charge in [0.25, 0.3) is 5.56 Å². The molecule has 0 unspecified atom stereocenters. The van der Waals surface area contributed by atoms with Crippen molar-refractivity contribution in [1.29, 1.82) is 0 Å². The summed E-state index contributed by atoms with van der Waals surface area (Å²) in [6.07, 6.45) is 3.69. The third kappa shape index (κ3) is 5.40. The number of aryl methyl sites for hydroxylation is 1. The molecule has 0 amide bonds. The monoisotopic (exact) mass is 650 g/mol. The summed E-state index contributed by atoms with van der Waals surface area (Å²) in [5, 5.41) is 2.35.